The summed E-state index contributed by atoms with van der Waals surface area (Å²) in [5.41, 5.74) is 6.22. The SMILES string of the molecule is C=C(Nc1ccon1)c1ccc(C)c(Nc2ncnn3cc(C(=O)c4ccccc4)c(C)c23)c1. The Bertz CT molecular complexity index is 1500. The number of hydrogen-bond acceptors (Lipinski definition) is 7. The molecule has 168 valence electrons. The van der Waals surface area contributed by atoms with Gasteiger partial charge in [-0.15, -0.1) is 0 Å². The number of benzene rings is 2. The minimum absolute atomic E-state index is 0.0528. The molecule has 8 nitrogen and oxygen atoms in total. The van der Waals surface area contributed by atoms with E-state index in [1.54, 1.807) is 16.8 Å². The zero-order valence-electron chi connectivity index (χ0n) is 18.7. The predicted molar refractivity (Wildman–Crippen MR) is 131 cm³/mol. The number of carbonyl (C=O) groups is 1. The first-order chi connectivity index (χ1) is 16.5. The number of aromatic nitrogens is 4. The van der Waals surface area contributed by atoms with Gasteiger partial charge in [0, 0.05) is 34.8 Å². The topological polar surface area (TPSA) is 97.3 Å². The first-order valence-corrected chi connectivity index (χ1v) is 10.7. The summed E-state index contributed by atoms with van der Waals surface area (Å²) < 4.78 is 6.55. The van der Waals surface area contributed by atoms with E-state index in [1.807, 2.05) is 62.4 Å². The fourth-order valence-electron chi connectivity index (χ4n) is 3.80. The van der Waals surface area contributed by atoms with Crippen molar-refractivity contribution in [1.82, 2.24) is 19.8 Å². The van der Waals surface area contributed by atoms with Crippen molar-refractivity contribution in [2.75, 3.05) is 10.6 Å². The molecule has 0 bridgehead atoms. The van der Waals surface area contributed by atoms with Crippen molar-refractivity contribution in [3.8, 4) is 0 Å². The van der Waals surface area contributed by atoms with Crippen LogP contribution in [0.4, 0.5) is 17.3 Å². The first kappa shape index (κ1) is 21.1. The smallest absolute Gasteiger partial charge is 0.194 e. The van der Waals surface area contributed by atoms with Crippen LogP contribution in [0.5, 0.6) is 0 Å². The van der Waals surface area contributed by atoms with Crippen molar-refractivity contribution in [2.24, 2.45) is 0 Å². The van der Waals surface area contributed by atoms with Crippen LogP contribution in [0.3, 0.4) is 0 Å². The zero-order valence-corrected chi connectivity index (χ0v) is 18.7. The molecule has 0 aliphatic carbocycles. The van der Waals surface area contributed by atoms with Crippen LogP contribution in [0.25, 0.3) is 11.2 Å². The largest absolute Gasteiger partial charge is 0.363 e. The van der Waals surface area contributed by atoms with E-state index in [4.69, 9.17) is 4.52 Å². The number of rotatable bonds is 7. The molecule has 0 aliphatic heterocycles. The molecule has 0 fully saturated rings. The van der Waals surface area contributed by atoms with Gasteiger partial charge >= 0.3 is 0 Å². The lowest BCUT2D eigenvalue weighted by Gasteiger charge is -2.14. The summed E-state index contributed by atoms with van der Waals surface area (Å²) in [5, 5.41) is 14.7. The summed E-state index contributed by atoms with van der Waals surface area (Å²) in [6.07, 6.45) is 4.71. The average molecular weight is 451 g/mol. The van der Waals surface area contributed by atoms with E-state index in [0.717, 1.165) is 27.9 Å². The maximum atomic E-state index is 13.1. The van der Waals surface area contributed by atoms with E-state index >= 15 is 0 Å². The summed E-state index contributed by atoms with van der Waals surface area (Å²) in [7, 11) is 0. The summed E-state index contributed by atoms with van der Waals surface area (Å²) in [6, 6.07) is 16.9. The first-order valence-electron chi connectivity index (χ1n) is 10.7. The molecule has 0 saturated heterocycles. The highest BCUT2D eigenvalue weighted by Crippen LogP contribution is 2.29. The molecule has 0 aliphatic rings. The third-order valence-electron chi connectivity index (χ3n) is 5.66. The van der Waals surface area contributed by atoms with Crippen LogP contribution >= 0.6 is 0 Å². The second-order valence-corrected chi connectivity index (χ2v) is 7.91. The Kier molecular flexibility index (Phi) is 5.39. The predicted octanol–water partition coefficient (Wildman–Crippen LogP) is 5.39. The molecular weight excluding hydrogens is 428 g/mol. The number of carbonyl (C=O) groups excluding carboxylic acids is 1. The van der Waals surface area contributed by atoms with E-state index < -0.39 is 0 Å². The molecular formula is C26H22N6O2. The van der Waals surface area contributed by atoms with Crippen molar-refractivity contribution in [3.05, 3.63) is 108 Å². The molecule has 0 saturated carbocycles. The van der Waals surface area contributed by atoms with E-state index in [2.05, 4.69) is 32.5 Å². The third kappa shape index (κ3) is 3.93. The minimum atomic E-state index is -0.0528. The summed E-state index contributed by atoms with van der Waals surface area (Å²) >= 11 is 0. The lowest BCUT2D eigenvalue weighted by Crippen LogP contribution is -2.03. The number of hydrogen-bond donors (Lipinski definition) is 2. The van der Waals surface area contributed by atoms with Crippen LogP contribution in [-0.2, 0) is 0 Å². The quantitative estimate of drug-likeness (QED) is 0.321. The Hall–Kier alpha value is -4.72. The molecule has 0 spiro atoms. The number of fused-ring (bicyclic) bond motifs is 1. The van der Waals surface area contributed by atoms with Gasteiger partial charge in [0.25, 0.3) is 0 Å². The molecule has 34 heavy (non-hydrogen) atoms. The number of aryl methyl sites for hydroxylation is 2. The molecule has 0 amide bonds. The lowest BCUT2D eigenvalue weighted by atomic mass is 10.0. The van der Waals surface area contributed by atoms with Gasteiger partial charge in [-0.3, -0.25) is 4.79 Å². The molecule has 3 aromatic heterocycles. The fraction of sp³-hybridized carbons (Fsp3) is 0.0769. The van der Waals surface area contributed by atoms with Gasteiger partial charge < -0.3 is 15.2 Å². The van der Waals surface area contributed by atoms with E-state index in [1.165, 1.54) is 12.6 Å². The molecule has 2 N–H and O–H groups in total. The van der Waals surface area contributed by atoms with Gasteiger partial charge in [-0.2, -0.15) is 5.10 Å². The van der Waals surface area contributed by atoms with Crippen LogP contribution in [0.15, 0.2) is 84.5 Å². The second kappa shape index (κ2) is 8.67. The molecule has 5 rings (SSSR count). The van der Waals surface area contributed by atoms with Crippen molar-refractivity contribution in [1.29, 1.82) is 0 Å². The molecule has 0 unspecified atom stereocenters. The van der Waals surface area contributed by atoms with Gasteiger partial charge in [0.2, 0.25) is 0 Å². The molecule has 0 atom stereocenters. The van der Waals surface area contributed by atoms with E-state index in [9.17, 15) is 4.79 Å². The van der Waals surface area contributed by atoms with E-state index in [0.29, 0.717) is 28.5 Å². The molecule has 3 heterocycles. The summed E-state index contributed by atoms with van der Waals surface area (Å²) in [5.74, 6) is 1.13. The van der Waals surface area contributed by atoms with Gasteiger partial charge in [-0.05, 0) is 36.6 Å². The number of nitrogens with one attached hydrogen (secondary N) is 2. The minimum Gasteiger partial charge on any atom is -0.363 e. The highest BCUT2D eigenvalue weighted by atomic mass is 16.5. The van der Waals surface area contributed by atoms with Crippen molar-refractivity contribution >= 4 is 34.3 Å². The normalized spacial score (nSPS) is 10.9. The van der Waals surface area contributed by atoms with Gasteiger partial charge in [-0.1, -0.05) is 54.2 Å². The Morgan fingerprint density at radius 3 is 2.65 bits per heavy atom. The van der Waals surface area contributed by atoms with Gasteiger partial charge in [0.05, 0.1) is 0 Å². The maximum Gasteiger partial charge on any atom is 0.194 e. The van der Waals surface area contributed by atoms with Crippen LogP contribution < -0.4 is 10.6 Å². The Morgan fingerprint density at radius 1 is 1.06 bits per heavy atom. The molecule has 5 aromatic rings. The van der Waals surface area contributed by atoms with Crippen molar-refractivity contribution in [2.45, 2.75) is 13.8 Å². The molecule has 2 aromatic carbocycles. The number of anilines is 3. The highest BCUT2D eigenvalue weighted by molar-refractivity contribution is 6.11. The van der Waals surface area contributed by atoms with Gasteiger partial charge in [0.15, 0.2) is 17.4 Å². The highest BCUT2D eigenvalue weighted by Gasteiger charge is 2.19. The standard InChI is InChI=1S/C26H22N6O2/c1-16-9-10-20(18(3)29-23-11-12-34-31-23)13-22(16)30-26-24-17(2)21(14-32(24)28-15-27-26)25(33)19-7-5-4-6-8-19/h4-15H,3H2,1-2H3,(H,29,31)(H,27,28,30). The van der Waals surface area contributed by atoms with Crippen LogP contribution in [0, 0.1) is 13.8 Å². The maximum absolute atomic E-state index is 13.1. The van der Waals surface area contributed by atoms with Crippen molar-refractivity contribution in [3.63, 3.8) is 0 Å². The zero-order chi connectivity index (χ0) is 23.7. The second-order valence-electron chi connectivity index (χ2n) is 7.91. The summed E-state index contributed by atoms with van der Waals surface area (Å²) in [4.78, 5) is 17.6. The van der Waals surface area contributed by atoms with E-state index in [-0.39, 0.29) is 5.78 Å². The van der Waals surface area contributed by atoms with Crippen LogP contribution in [0.2, 0.25) is 0 Å². The number of ketones is 1. The summed E-state index contributed by atoms with van der Waals surface area (Å²) in [6.45, 7) is 8.02. The Labute approximate surface area is 195 Å². The Balaban J connectivity index is 1.49. The molecule has 0 radical (unpaired) electrons. The molecule has 8 heteroatoms. The average Bonchev–Trinajstić information content (AvgIpc) is 3.48. The fourth-order valence-corrected chi connectivity index (χ4v) is 3.80. The third-order valence-corrected chi connectivity index (χ3v) is 5.66. The van der Waals surface area contributed by atoms with Crippen LogP contribution in [-0.4, -0.2) is 25.5 Å². The Morgan fingerprint density at radius 2 is 1.88 bits per heavy atom. The number of nitrogens with zero attached hydrogens (tertiary/aromatic N) is 4. The van der Waals surface area contributed by atoms with Crippen molar-refractivity contribution < 1.29 is 9.32 Å². The van der Waals surface area contributed by atoms with Gasteiger partial charge in [-0.25, -0.2) is 9.50 Å². The van der Waals surface area contributed by atoms with Crippen LogP contribution in [0.1, 0.15) is 32.6 Å². The van der Waals surface area contributed by atoms with Gasteiger partial charge in [0.1, 0.15) is 18.1 Å². The lowest BCUT2D eigenvalue weighted by molar-refractivity contribution is 0.103. The monoisotopic (exact) mass is 450 g/mol.